The Hall–Kier alpha value is -3.65. The monoisotopic (exact) mass is 451 g/mol. The predicted octanol–water partition coefficient (Wildman–Crippen LogP) is 4.85. The smallest absolute Gasteiger partial charge is 0.260 e. The van der Waals surface area contributed by atoms with Gasteiger partial charge in [0, 0.05) is 23.2 Å². The van der Waals surface area contributed by atoms with Crippen molar-refractivity contribution in [2.45, 2.75) is 25.5 Å². The zero-order valence-corrected chi connectivity index (χ0v) is 18.6. The van der Waals surface area contributed by atoms with E-state index in [2.05, 4.69) is 16.9 Å². The first-order chi connectivity index (χ1) is 16.0. The topological polar surface area (TPSA) is 80.3 Å². The number of methoxy groups -OCH3 is 1. The van der Waals surface area contributed by atoms with Crippen LogP contribution in [0, 0.1) is 0 Å². The van der Waals surface area contributed by atoms with Gasteiger partial charge in [0.25, 0.3) is 5.72 Å². The van der Waals surface area contributed by atoms with E-state index in [1.807, 2.05) is 36.1 Å². The molecule has 1 unspecified atom stereocenters. The van der Waals surface area contributed by atoms with E-state index in [-0.39, 0.29) is 6.61 Å². The van der Waals surface area contributed by atoms with Crippen LogP contribution in [0.4, 0.5) is 4.39 Å². The van der Waals surface area contributed by atoms with Crippen LogP contribution in [0.15, 0.2) is 82.1 Å². The van der Waals surface area contributed by atoms with E-state index in [1.165, 1.54) is 6.08 Å². The first-order valence-electron chi connectivity index (χ1n) is 10.6. The lowest BCUT2D eigenvalue weighted by molar-refractivity contribution is -0.0991. The van der Waals surface area contributed by atoms with E-state index in [4.69, 9.17) is 14.1 Å². The van der Waals surface area contributed by atoms with Gasteiger partial charge in [0.05, 0.1) is 13.3 Å². The fourth-order valence-corrected chi connectivity index (χ4v) is 4.20. The minimum Gasteiger partial charge on any atom is -0.496 e. The van der Waals surface area contributed by atoms with E-state index >= 15 is 0 Å². The summed E-state index contributed by atoms with van der Waals surface area (Å²) < 4.78 is 23.8. The lowest BCUT2D eigenvalue weighted by Gasteiger charge is -2.39. The highest BCUT2D eigenvalue weighted by atomic mass is 19.1. The van der Waals surface area contributed by atoms with Gasteiger partial charge in [0.15, 0.2) is 5.84 Å². The molecule has 1 aromatic heterocycles. The second-order valence-electron chi connectivity index (χ2n) is 7.77. The molecule has 33 heavy (non-hydrogen) atoms. The van der Waals surface area contributed by atoms with Gasteiger partial charge in [-0.1, -0.05) is 35.1 Å². The molecule has 1 saturated heterocycles. The molecule has 1 atom stereocenters. The van der Waals surface area contributed by atoms with Gasteiger partial charge in [0.2, 0.25) is 0 Å². The quantitative estimate of drug-likeness (QED) is 0.607. The number of rotatable bonds is 7. The van der Waals surface area contributed by atoms with Crippen LogP contribution < -0.4 is 4.74 Å². The van der Waals surface area contributed by atoms with Crippen LogP contribution in [-0.2, 0) is 4.84 Å². The van der Waals surface area contributed by atoms with Crippen molar-refractivity contribution in [2.24, 2.45) is 5.16 Å². The average molecular weight is 451 g/mol. The Balaban J connectivity index is 1.66. The van der Waals surface area contributed by atoms with E-state index in [1.54, 1.807) is 31.7 Å². The number of aliphatic hydroxyl groups excluding tert-OH is 1. The largest absolute Gasteiger partial charge is 0.496 e. The molecule has 7 nitrogen and oxygen atoms in total. The number of fused-ring (bicyclic) bond motifs is 1. The molecule has 1 aromatic carbocycles. The lowest BCUT2D eigenvalue weighted by Crippen LogP contribution is -2.54. The minimum absolute atomic E-state index is 0.336. The van der Waals surface area contributed by atoms with Crippen molar-refractivity contribution >= 4 is 11.9 Å². The van der Waals surface area contributed by atoms with Gasteiger partial charge in [0.1, 0.15) is 24.4 Å². The first-order valence-corrected chi connectivity index (χ1v) is 10.6. The molecule has 0 saturated carbocycles. The summed E-state index contributed by atoms with van der Waals surface area (Å²) in [6.07, 6.45) is 11.5. The summed E-state index contributed by atoms with van der Waals surface area (Å²) in [4.78, 5) is 7.75. The van der Waals surface area contributed by atoms with E-state index in [0.29, 0.717) is 23.7 Å². The zero-order valence-electron chi connectivity index (χ0n) is 18.6. The van der Waals surface area contributed by atoms with Gasteiger partial charge in [-0.3, -0.25) is 0 Å². The number of amidine groups is 1. The standard InChI is InChI=1S/C25H26FN3O4/c1-4-21(9-7-17(2)26)25(16-30)29-11-5-6-19(24(29)28-33-25)12-18-8-10-22(23(13-18)31-3)20-14-27-32-15-20/h4,7-10,12-15,30H,2,5-6,11,16H2,1,3H3/b9-7-,19-12+,21-4+. The van der Waals surface area contributed by atoms with Crippen LogP contribution >= 0.6 is 0 Å². The summed E-state index contributed by atoms with van der Waals surface area (Å²) in [5.41, 5.74) is 3.03. The maximum atomic E-state index is 13.2. The van der Waals surface area contributed by atoms with Crippen molar-refractivity contribution in [2.75, 3.05) is 20.3 Å². The maximum absolute atomic E-state index is 13.2. The summed E-state index contributed by atoms with van der Waals surface area (Å²) >= 11 is 0. The summed E-state index contributed by atoms with van der Waals surface area (Å²) in [5.74, 6) is 0.774. The molecule has 4 rings (SSSR count). The number of nitrogens with zero attached hydrogens (tertiary/aromatic N) is 3. The number of aliphatic hydroxyl groups is 1. The molecule has 2 aliphatic heterocycles. The van der Waals surface area contributed by atoms with E-state index in [0.717, 1.165) is 35.1 Å². The Morgan fingerprint density at radius 3 is 2.91 bits per heavy atom. The van der Waals surface area contributed by atoms with Gasteiger partial charge in [-0.25, -0.2) is 4.39 Å². The molecule has 0 amide bonds. The van der Waals surface area contributed by atoms with Crippen molar-refractivity contribution in [3.8, 4) is 16.9 Å². The number of benzene rings is 1. The van der Waals surface area contributed by atoms with Gasteiger partial charge < -0.3 is 24.1 Å². The summed E-state index contributed by atoms with van der Waals surface area (Å²) in [5, 5.41) is 18.4. The molecule has 0 bridgehead atoms. The third-order valence-corrected chi connectivity index (χ3v) is 5.82. The number of hydrogen-bond donors (Lipinski definition) is 1. The molecular weight excluding hydrogens is 425 g/mol. The molecule has 1 fully saturated rings. The highest BCUT2D eigenvalue weighted by Gasteiger charge is 2.49. The maximum Gasteiger partial charge on any atom is 0.260 e. The Morgan fingerprint density at radius 1 is 1.39 bits per heavy atom. The van der Waals surface area contributed by atoms with Crippen molar-refractivity contribution < 1.29 is 23.6 Å². The van der Waals surface area contributed by atoms with E-state index < -0.39 is 11.6 Å². The third kappa shape index (κ3) is 4.21. The fourth-order valence-electron chi connectivity index (χ4n) is 4.20. The van der Waals surface area contributed by atoms with Gasteiger partial charge >= 0.3 is 0 Å². The number of halogens is 1. The van der Waals surface area contributed by atoms with Gasteiger partial charge in [-0.05, 0) is 55.2 Å². The molecule has 2 aliphatic rings. The number of allylic oxidation sites excluding steroid dienone is 3. The summed E-state index contributed by atoms with van der Waals surface area (Å²) in [7, 11) is 1.62. The lowest BCUT2D eigenvalue weighted by atomic mass is 9.94. The van der Waals surface area contributed by atoms with E-state index in [9.17, 15) is 9.50 Å². The number of piperidine rings is 1. The van der Waals surface area contributed by atoms with Crippen LogP contribution in [0.3, 0.4) is 0 Å². The molecule has 0 spiro atoms. The number of oxime groups is 1. The fraction of sp³-hybridized carbons (Fsp3) is 0.280. The van der Waals surface area contributed by atoms with Crippen LogP contribution in [0.5, 0.6) is 5.75 Å². The van der Waals surface area contributed by atoms with Crippen molar-refractivity contribution in [1.29, 1.82) is 0 Å². The first kappa shape index (κ1) is 22.5. The highest BCUT2D eigenvalue weighted by Crippen LogP contribution is 2.39. The summed E-state index contributed by atoms with van der Waals surface area (Å²) in [6.45, 7) is 5.38. The molecular formula is C25H26FN3O4. The van der Waals surface area contributed by atoms with Crippen LogP contribution in [0.2, 0.25) is 0 Å². The number of aromatic nitrogens is 1. The Labute approximate surface area is 191 Å². The molecule has 0 aliphatic carbocycles. The number of ether oxygens (including phenoxy) is 1. The molecule has 2 aromatic rings. The van der Waals surface area contributed by atoms with Crippen LogP contribution in [-0.4, -0.2) is 47.0 Å². The molecule has 0 radical (unpaired) electrons. The highest BCUT2D eigenvalue weighted by molar-refractivity contribution is 6.03. The minimum atomic E-state index is -1.20. The SMILES string of the molecule is C=C(F)/C=C\C(=C/C)C1(CO)ON=C2/C(=C/c3ccc(-c4cnoc4)c(OC)c3)CCCN21. The van der Waals surface area contributed by atoms with Crippen molar-refractivity contribution in [1.82, 2.24) is 10.1 Å². The van der Waals surface area contributed by atoms with Crippen LogP contribution in [0.1, 0.15) is 25.3 Å². The average Bonchev–Trinajstić information content (AvgIpc) is 3.49. The molecule has 172 valence electrons. The zero-order chi connectivity index (χ0) is 23.4. The Morgan fingerprint density at radius 2 is 2.24 bits per heavy atom. The predicted molar refractivity (Wildman–Crippen MR) is 124 cm³/mol. The Bertz CT molecular complexity index is 1150. The van der Waals surface area contributed by atoms with Crippen molar-refractivity contribution in [3.63, 3.8) is 0 Å². The van der Waals surface area contributed by atoms with Crippen molar-refractivity contribution in [3.05, 3.63) is 78.0 Å². The summed E-state index contributed by atoms with van der Waals surface area (Å²) in [6, 6.07) is 5.88. The normalized spacial score (nSPS) is 21.8. The third-order valence-electron chi connectivity index (χ3n) is 5.82. The molecule has 8 heteroatoms. The Kier molecular flexibility index (Phi) is 6.46. The van der Waals surface area contributed by atoms with Gasteiger partial charge in [-0.15, -0.1) is 0 Å². The molecule has 1 N–H and O–H groups in total. The second-order valence-corrected chi connectivity index (χ2v) is 7.77. The van der Waals surface area contributed by atoms with Gasteiger partial charge in [-0.2, -0.15) is 0 Å². The van der Waals surface area contributed by atoms with Crippen LogP contribution in [0.25, 0.3) is 17.2 Å². The molecule has 3 heterocycles. The number of hydrogen-bond acceptors (Lipinski definition) is 7. The second kappa shape index (κ2) is 9.46.